The predicted octanol–water partition coefficient (Wildman–Crippen LogP) is 2.18. The first-order chi connectivity index (χ1) is 8.78. The van der Waals surface area contributed by atoms with Crippen molar-refractivity contribution in [1.82, 2.24) is 4.90 Å². The van der Waals surface area contributed by atoms with E-state index in [0.717, 1.165) is 25.3 Å². The molecule has 1 aliphatic heterocycles. The number of para-hydroxylation sites is 1. The molecule has 1 saturated heterocycles. The molecule has 2 fully saturated rings. The quantitative estimate of drug-likeness (QED) is 0.885. The fourth-order valence-corrected chi connectivity index (χ4v) is 2.87. The lowest BCUT2D eigenvalue weighted by Crippen LogP contribution is -2.21. The molecule has 3 heteroatoms. The number of hydrogen-bond donors (Lipinski definition) is 1. The van der Waals surface area contributed by atoms with Crippen LogP contribution in [0.2, 0.25) is 0 Å². The summed E-state index contributed by atoms with van der Waals surface area (Å²) in [5.41, 5.74) is 7.14. The van der Waals surface area contributed by atoms with Gasteiger partial charge in [0.15, 0.2) is 0 Å². The van der Waals surface area contributed by atoms with Crippen LogP contribution in [0.1, 0.15) is 30.9 Å². The molecular weight excluding hydrogens is 224 g/mol. The third kappa shape index (κ3) is 2.38. The zero-order chi connectivity index (χ0) is 12.5. The molecule has 0 bridgehead atoms. The Labute approximate surface area is 109 Å². The summed E-state index contributed by atoms with van der Waals surface area (Å²) in [6, 6.07) is 8.96. The second-order valence-corrected chi connectivity index (χ2v) is 5.65. The molecule has 1 aliphatic carbocycles. The molecule has 0 radical (unpaired) electrons. The largest absolute Gasteiger partial charge is 0.490 e. The zero-order valence-corrected chi connectivity index (χ0v) is 11.0. The van der Waals surface area contributed by atoms with E-state index < -0.39 is 0 Å². The van der Waals surface area contributed by atoms with E-state index in [9.17, 15) is 0 Å². The molecule has 1 aromatic rings. The SMILES string of the molecule is CN1CC(CN)CC1c1ccccc1OC1CC1. The normalized spacial score (nSPS) is 28.6. The average molecular weight is 246 g/mol. The zero-order valence-electron chi connectivity index (χ0n) is 11.0. The first-order valence-electron chi connectivity index (χ1n) is 6.94. The smallest absolute Gasteiger partial charge is 0.124 e. The van der Waals surface area contributed by atoms with Crippen LogP contribution in [0, 0.1) is 5.92 Å². The Balaban J connectivity index is 1.82. The van der Waals surface area contributed by atoms with Crippen molar-refractivity contribution >= 4 is 0 Å². The minimum atomic E-state index is 0.461. The lowest BCUT2D eigenvalue weighted by molar-refractivity contribution is 0.274. The van der Waals surface area contributed by atoms with Crippen molar-refractivity contribution in [3.63, 3.8) is 0 Å². The summed E-state index contributed by atoms with van der Waals surface area (Å²) >= 11 is 0. The highest BCUT2D eigenvalue weighted by Crippen LogP contribution is 2.39. The highest BCUT2D eigenvalue weighted by molar-refractivity contribution is 5.37. The summed E-state index contributed by atoms with van der Waals surface area (Å²) in [5, 5.41) is 0. The maximum Gasteiger partial charge on any atom is 0.124 e. The minimum absolute atomic E-state index is 0.461. The Morgan fingerprint density at radius 2 is 2.11 bits per heavy atom. The van der Waals surface area contributed by atoms with Crippen LogP contribution in [0.5, 0.6) is 5.75 Å². The van der Waals surface area contributed by atoms with Gasteiger partial charge in [0, 0.05) is 18.2 Å². The van der Waals surface area contributed by atoms with Crippen LogP contribution in [0.4, 0.5) is 0 Å². The number of hydrogen-bond acceptors (Lipinski definition) is 3. The number of nitrogens with zero attached hydrogens (tertiary/aromatic N) is 1. The van der Waals surface area contributed by atoms with Gasteiger partial charge in [-0.1, -0.05) is 18.2 Å². The van der Waals surface area contributed by atoms with E-state index in [1.807, 2.05) is 0 Å². The standard InChI is InChI=1S/C15H22N2O/c1-17-10-11(9-16)8-14(17)13-4-2-3-5-15(13)18-12-6-7-12/h2-5,11-12,14H,6-10,16H2,1H3. The predicted molar refractivity (Wildman–Crippen MR) is 72.6 cm³/mol. The number of ether oxygens (including phenoxy) is 1. The second kappa shape index (κ2) is 4.90. The van der Waals surface area contributed by atoms with E-state index in [1.165, 1.54) is 18.4 Å². The first-order valence-corrected chi connectivity index (χ1v) is 6.94. The third-order valence-corrected chi connectivity index (χ3v) is 4.06. The summed E-state index contributed by atoms with van der Waals surface area (Å²) in [7, 11) is 2.19. The average Bonchev–Trinajstić information content (AvgIpc) is 3.11. The minimum Gasteiger partial charge on any atom is -0.490 e. The first kappa shape index (κ1) is 12.0. The van der Waals surface area contributed by atoms with E-state index in [4.69, 9.17) is 10.5 Å². The van der Waals surface area contributed by atoms with Crippen LogP contribution < -0.4 is 10.5 Å². The van der Waals surface area contributed by atoms with Crippen LogP contribution in [-0.4, -0.2) is 31.1 Å². The molecule has 18 heavy (non-hydrogen) atoms. The molecule has 2 aliphatic rings. The third-order valence-electron chi connectivity index (χ3n) is 4.06. The number of nitrogens with two attached hydrogens (primary N) is 1. The van der Waals surface area contributed by atoms with Gasteiger partial charge < -0.3 is 10.5 Å². The summed E-state index contributed by atoms with van der Waals surface area (Å²) in [6.45, 7) is 1.88. The lowest BCUT2D eigenvalue weighted by Gasteiger charge is -2.22. The van der Waals surface area contributed by atoms with Gasteiger partial charge in [-0.3, -0.25) is 4.90 Å². The van der Waals surface area contributed by atoms with Gasteiger partial charge in [0.2, 0.25) is 0 Å². The van der Waals surface area contributed by atoms with Gasteiger partial charge >= 0.3 is 0 Å². The highest BCUT2D eigenvalue weighted by Gasteiger charge is 2.32. The summed E-state index contributed by atoms with van der Waals surface area (Å²) in [5.74, 6) is 1.70. The van der Waals surface area contributed by atoms with Gasteiger partial charge in [-0.15, -0.1) is 0 Å². The Kier molecular flexibility index (Phi) is 3.27. The van der Waals surface area contributed by atoms with Gasteiger partial charge in [-0.25, -0.2) is 0 Å². The van der Waals surface area contributed by atoms with Gasteiger partial charge in [-0.2, -0.15) is 0 Å². The molecule has 2 unspecified atom stereocenters. The second-order valence-electron chi connectivity index (χ2n) is 5.65. The summed E-state index contributed by atoms with van der Waals surface area (Å²) in [4.78, 5) is 2.41. The molecule has 0 aromatic heterocycles. The molecule has 3 nitrogen and oxygen atoms in total. The molecular formula is C15H22N2O. The van der Waals surface area contributed by atoms with Gasteiger partial charge in [0.1, 0.15) is 5.75 Å². The molecule has 1 aromatic carbocycles. The van der Waals surface area contributed by atoms with Crippen molar-refractivity contribution in [3.8, 4) is 5.75 Å². The van der Waals surface area contributed by atoms with E-state index in [-0.39, 0.29) is 0 Å². The van der Waals surface area contributed by atoms with Crippen LogP contribution in [-0.2, 0) is 0 Å². The molecule has 0 amide bonds. The Morgan fingerprint density at radius 1 is 1.33 bits per heavy atom. The Hall–Kier alpha value is -1.06. The maximum atomic E-state index is 6.03. The van der Waals surface area contributed by atoms with Crippen LogP contribution in [0.15, 0.2) is 24.3 Å². The van der Waals surface area contributed by atoms with Gasteiger partial charge in [-0.05, 0) is 44.8 Å². The number of likely N-dealkylation sites (tertiary alicyclic amines) is 1. The van der Waals surface area contributed by atoms with Gasteiger partial charge in [0.05, 0.1) is 6.10 Å². The molecule has 98 valence electrons. The maximum absolute atomic E-state index is 6.03. The van der Waals surface area contributed by atoms with Gasteiger partial charge in [0.25, 0.3) is 0 Å². The fraction of sp³-hybridized carbons (Fsp3) is 0.600. The molecule has 1 heterocycles. The molecule has 2 atom stereocenters. The van der Waals surface area contributed by atoms with Crippen LogP contribution in [0.3, 0.4) is 0 Å². The summed E-state index contributed by atoms with van der Waals surface area (Å²) < 4.78 is 6.03. The van der Waals surface area contributed by atoms with Crippen molar-refractivity contribution in [2.24, 2.45) is 11.7 Å². The van der Waals surface area contributed by atoms with E-state index in [2.05, 4.69) is 36.2 Å². The van der Waals surface area contributed by atoms with Crippen molar-refractivity contribution in [1.29, 1.82) is 0 Å². The highest BCUT2D eigenvalue weighted by atomic mass is 16.5. The lowest BCUT2D eigenvalue weighted by atomic mass is 9.99. The van der Waals surface area contributed by atoms with Crippen LogP contribution >= 0.6 is 0 Å². The van der Waals surface area contributed by atoms with E-state index >= 15 is 0 Å². The van der Waals surface area contributed by atoms with Crippen molar-refractivity contribution in [3.05, 3.63) is 29.8 Å². The summed E-state index contributed by atoms with van der Waals surface area (Å²) in [6.07, 6.45) is 4.03. The van der Waals surface area contributed by atoms with E-state index in [0.29, 0.717) is 18.1 Å². The molecule has 1 saturated carbocycles. The topological polar surface area (TPSA) is 38.5 Å². The molecule has 0 spiro atoms. The molecule has 2 N–H and O–H groups in total. The monoisotopic (exact) mass is 246 g/mol. The van der Waals surface area contributed by atoms with Crippen molar-refractivity contribution in [2.75, 3.05) is 20.1 Å². The van der Waals surface area contributed by atoms with Crippen molar-refractivity contribution in [2.45, 2.75) is 31.4 Å². The van der Waals surface area contributed by atoms with Crippen molar-refractivity contribution < 1.29 is 4.74 Å². The number of rotatable bonds is 4. The Morgan fingerprint density at radius 3 is 2.78 bits per heavy atom. The molecule has 3 rings (SSSR count). The van der Waals surface area contributed by atoms with Crippen LogP contribution in [0.25, 0.3) is 0 Å². The Bertz CT molecular complexity index is 417. The van der Waals surface area contributed by atoms with E-state index in [1.54, 1.807) is 0 Å². The number of benzene rings is 1. The fourth-order valence-electron chi connectivity index (χ4n) is 2.87.